The second-order valence-corrected chi connectivity index (χ2v) is 4.46. The summed E-state index contributed by atoms with van der Waals surface area (Å²) in [6.45, 7) is 8.15. The van der Waals surface area contributed by atoms with Crippen LogP contribution >= 0.6 is 0 Å². The van der Waals surface area contributed by atoms with Gasteiger partial charge in [-0.25, -0.2) is 0 Å². The lowest BCUT2D eigenvalue weighted by molar-refractivity contribution is -0.113. The van der Waals surface area contributed by atoms with Crippen LogP contribution in [-0.4, -0.2) is 5.78 Å². The minimum Gasteiger partial charge on any atom is -0.295 e. The van der Waals surface area contributed by atoms with E-state index < -0.39 is 0 Å². The van der Waals surface area contributed by atoms with Crippen LogP contribution < -0.4 is 0 Å². The second kappa shape index (κ2) is 3.04. The van der Waals surface area contributed by atoms with Gasteiger partial charge in [0.05, 0.1) is 0 Å². The van der Waals surface area contributed by atoms with E-state index in [1.54, 1.807) is 6.92 Å². The zero-order valence-electron chi connectivity index (χ0n) is 8.48. The Kier molecular flexibility index (Phi) is 2.41. The Morgan fingerprint density at radius 2 is 2.08 bits per heavy atom. The fourth-order valence-corrected chi connectivity index (χ4v) is 1.65. The van der Waals surface area contributed by atoms with Gasteiger partial charge in [-0.15, -0.1) is 0 Å². The molecule has 68 valence electrons. The van der Waals surface area contributed by atoms with Crippen LogP contribution in [0.1, 0.15) is 40.5 Å². The first-order valence-electron chi connectivity index (χ1n) is 4.63. The van der Waals surface area contributed by atoms with Crippen molar-refractivity contribution in [2.45, 2.75) is 40.5 Å². The molecule has 0 aromatic rings. The van der Waals surface area contributed by atoms with Gasteiger partial charge in [-0.2, -0.15) is 0 Å². The standard InChI is InChI=1S/C11H18O/c1-5-9(8(2)12)6-10-7-11(10,3)4/h5,10H,6-7H2,1-4H3/b9-5+. The maximum atomic E-state index is 11.1. The van der Waals surface area contributed by atoms with Gasteiger partial charge >= 0.3 is 0 Å². The number of hydrogen-bond donors (Lipinski definition) is 0. The van der Waals surface area contributed by atoms with E-state index in [4.69, 9.17) is 0 Å². The minimum absolute atomic E-state index is 0.236. The molecular formula is C11H18O. The van der Waals surface area contributed by atoms with Gasteiger partial charge in [-0.1, -0.05) is 19.9 Å². The average molecular weight is 166 g/mol. The summed E-state index contributed by atoms with van der Waals surface area (Å²) in [4.78, 5) is 11.1. The molecular weight excluding hydrogens is 148 g/mol. The second-order valence-electron chi connectivity index (χ2n) is 4.46. The van der Waals surface area contributed by atoms with Crippen molar-refractivity contribution in [3.8, 4) is 0 Å². The van der Waals surface area contributed by atoms with Crippen LogP contribution in [0, 0.1) is 11.3 Å². The Bertz CT molecular complexity index is 223. The van der Waals surface area contributed by atoms with Gasteiger partial charge in [0, 0.05) is 0 Å². The molecule has 1 rings (SSSR count). The SMILES string of the molecule is C/C=C(\CC1CC1(C)C)C(C)=O. The number of ketones is 1. The Morgan fingerprint density at radius 3 is 2.33 bits per heavy atom. The lowest BCUT2D eigenvalue weighted by atomic mass is 10.0. The van der Waals surface area contributed by atoms with Crippen molar-refractivity contribution in [3.63, 3.8) is 0 Å². The molecule has 1 unspecified atom stereocenters. The van der Waals surface area contributed by atoms with E-state index in [1.165, 1.54) is 6.42 Å². The summed E-state index contributed by atoms with van der Waals surface area (Å²) in [5.74, 6) is 0.979. The molecule has 0 amide bonds. The van der Waals surface area contributed by atoms with Gasteiger partial charge in [0.1, 0.15) is 0 Å². The number of carbonyl (C=O) groups is 1. The maximum Gasteiger partial charge on any atom is 0.155 e. The third-order valence-corrected chi connectivity index (χ3v) is 2.98. The molecule has 0 spiro atoms. The third kappa shape index (κ3) is 1.96. The highest BCUT2D eigenvalue weighted by atomic mass is 16.1. The average Bonchev–Trinajstić information content (AvgIpc) is 2.53. The van der Waals surface area contributed by atoms with Gasteiger partial charge in [-0.05, 0) is 43.6 Å². The van der Waals surface area contributed by atoms with Crippen LogP contribution in [0.4, 0.5) is 0 Å². The van der Waals surface area contributed by atoms with Crippen LogP contribution in [0.15, 0.2) is 11.6 Å². The highest BCUT2D eigenvalue weighted by Crippen LogP contribution is 2.54. The van der Waals surface area contributed by atoms with Crippen LogP contribution in [0.25, 0.3) is 0 Å². The van der Waals surface area contributed by atoms with Crippen molar-refractivity contribution in [3.05, 3.63) is 11.6 Å². The summed E-state index contributed by atoms with van der Waals surface area (Å²) in [6.07, 6.45) is 4.22. The first-order chi connectivity index (χ1) is 5.47. The highest BCUT2D eigenvalue weighted by Gasteiger charge is 2.45. The highest BCUT2D eigenvalue weighted by molar-refractivity contribution is 5.93. The molecule has 0 N–H and O–H groups in total. The quantitative estimate of drug-likeness (QED) is 0.589. The van der Waals surface area contributed by atoms with Crippen LogP contribution in [0.5, 0.6) is 0 Å². The zero-order valence-corrected chi connectivity index (χ0v) is 8.48. The summed E-state index contributed by atoms with van der Waals surface area (Å²) in [5.41, 5.74) is 1.49. The molecule has 1 fully saturated rings. The lowest BCUT2D eigenvalue weighted by Crippen LogP contribution is -2.00. The smallest absolute Gasteiger partial charge is 0.155 e. The van der Waals surface area contributed by atoms with Gasteiger partial charge < -0.3 is 0 Å². The van der Waals surface area contributed by atoms with Crippen molar-refractivity contribution in [2.75, 3.05) is 0 Å². The Morgan fingerprint density at radius 1 is 1.58 bits per heavy atom. The minimum atomic E-state index is 0.236. The summed E-state index contributed by atoms with van der Waals surface area (Å²) in [7, 11) is 0. The van der Waals surface area contributed by atoms with E-state index in [1.807, 2.05) is 13.0 Å². The molecule has 1 aliphatic carbocycles. The first-order valence-corrected chi connectivity index (χ1v) is 4.63. The molecule has 1 atom stereocenters. The molecule has 1 nitrogen and oxygen atoms in total. The number of hydrogen-bond acceptors (Lipinski definition) is 1. The molecule has 0 aromatic heterocycles. The van der Waals surface area contributed by atoms with Crippen molar-refractivity contribution in [1.82, 2.24) is 0 Å². The predicted molar refractivity (Wildman–Crippen MR) is 50.9 cm³/mol. The lowest BCUT2D eigenvalue weighted by Gasteiger charge is -2.04. The van der Waals surface area contributed by atoms with Crippen molar-refractivity contribution < 1.29 is 4.79 Å². The molecule has 0 radical (unpaired) electrons. The molecule has 12 heavy (non-hydrogen) atoms. The van der Waals surface area contributed by atoms with Gasteiger partial charge in [0.15, 0.2) is 5.78 Å². The van der Waals surface area contributed by atoms with Crippen molar-refractivity contribution in [2.24, 2.45) is 11.3 Å². The van der Waals surface area contributed by atoms with E-state index >= 15 is 0 Å². The van der Waals surface area contributed by atoms with E-state index in [0.29, 0.717) is 5.41 Å². The van der Waals surface area contributed by atoms with E-state index in [-0.39, 0.29) is 5.78 Å². The van der Waals surface area contributed by atoms with Crippen molar-refractivity contribution >= 4 is 5.78 Å². The molecule has 0 aliphatic heterocycles. The van der Waals surface area contributed by atoms with Gasteiger partial charge in [0.25, 0.3) is 0 Å². The maximum absolute atomic E-state index is 11.1. The monoisotopic (exact) mass is 166 g/mol. The fraction of sp³-hybridized carbons (Fsp3) is 0.727. The number of rotatable bonds is 3. The predicted octanol–water partition coefficient (Wildman–Crippen LogP) is 2.96. The summed E-state index contributed by atoms with van der Waals surface area (Å²) >= 11 is 0. The van der Waals surface area contributed by atoms with Crippen molar-refractivity contribution in [1.29, 1.82) is 0 Å². The Balaban J connectivity index is 2.47. The molecule has 0 saturated heterocycles. The number of carbonyl (C=O) groups excluding carboxylic acids is 1. The fourth-order valence-electron chi connectivity index (χ4n) is 1.65. The number of allylic oxidation sites excluding steroid dienone is 2. The Labute approximate surface area is 74.9 Å². The molecule has 1 saturated carbocycles. The number of Topliss-reactive ketones (excluding diaryl/α,β-unsaturated/α-hetero) is 1. The van der Waals surface area contributed by atoms with Crippen LogP contribution in [0.2, 0.25) is 0 Å². The van der Waals surface area contributed by atoms with Crippen LogP contribution in [0.3, 0.4) is 0 Å². The molecule has 1 heteroatoms. The normalized spacial score (nSPS) is 27.0. The topological polar surface area (TPSA) is 17.1 Å². The third-order valence-electron chi connectivity index (χ3n) is 2.98. The molecule has 0 bridgehead atoms. The van der Waals surface area contributed by atoms with Gasteiger partial charge in [-0.3, -0.25) is 4.79 Å². The van der Waals surface area contributed by atoms with E-state index in [0.717, 1.165) is 17.9 Å². The summed E-state index contributed by atoms with van der Waals surface area (Å²) in [5, 5.41) is 0. The van der Waals surface area contributed by atoms with Gasteiger partial charge in [0.2, 0.25) is 0 Å². The van der Waals surface area contributed by atoms with E-state index in [9.17, 15) is 4.79 Å². The largest absolute Gasteiger partial charge is 0.295 e. The molecule has 0 aromatic carbocycles. The van der Waals surface area contributed by atoms with E-state index in [2.05, 4.69) is 13.8 Å². The molecule has 0 heterocycles. The zero-order chi connectivity index (χ0) is 9.35. The molecule has 1 aliphatic rings. The van der Waals surface area contributed by atoms with Crippen LogP contribution in [-0.2, 0) is 4.79 Å². The Hall–Kier alpha value is -0.590. The summed E-state index contributed by atoms with van der Waals surface area (Å²) in [6, 6.07) is 0. The first kappa shape index (κ1) is 9.50. The summed E-state index contributed by atoms with van der Waals surface area (Å²) < 4.78 is 0.